The zero-order valence-electron chi connectivity index (χ0n) is 16.5. The second-order valence-corrected chi connectivity index (χ2v) is 8.55. The molecule has 6 heteroatoms. The van der Waals surface area contributed by atoms with Crippen molar-refractivity contribution >= 4 is 35.6 Å². The summed E-state index contributed by atoms with van der Waals surface area (Å²) in [5.74, 6) is 7.63. The molecule has 2 aliphatic rings. The first kappa shape index (κ1) is 19.9. The molecular formula is C23H27ClN4O. The normalized spacial score (nSPS) is 15.8. The summed E-state index contributed by atoms with van der Waals surface area (Å²) in [4.78, 5) is 16.0. The predicted octanol–water partition coefficient (Wildman–Crippen LogP) is 4.85. The highest BCUT2D eigenvalue weighted by Crippen LogP contribution is 2.42. The highest BCUT2D eigenvalue weighted by atomic mass is 35.5. The lowest BCUT2D eigenvalue weighted by Crippen LogP contribution is -2.32. The van der Waals surface area contributed by atoms with Gasteiger partial charge in [0.05, 0.1) is 10.7 Å². The first-order valence-electron chi connectivity index (χ1n) is 10.2. The maximum atomic E-state index is 11.9. The van der Waals surface area contributed by atoms with E-state index in [2.05, 4.69) is 17.0 Å². The molecule has 5 nitrogen and oxygen atoms in total. The lowest BCUT2D eigenvalue weighted by Gasteiger charge is -2.22. The smallest absolute Gasteiger partial charge is 0.220 e. The number of benzene rings is 2. The number of carbonyl (C=O) groups excluding carboxylic acids is 1. The van der Waals surface area contributed by atoms with E-state index in [1.54, 1.807) is 5.01 Å². The molecule has 3 N–H and O–H groups in total. The van der Waals surface area contributed by atoms with Gasteiger partial charge in [0.1, 0.15) is 5.69 Å². The van der Waals surface area contributed by atoms with E-state index in [4.69, 9.17) is 17.4 Å². The number of rotatable bonds is 9. The van der Waals surface area contributed by atoms with E-state index in [1.807, 2.05) is 36.4 Å². The van der Waals surface area contributed by atoms with Crippen LogP contribution in [0.4, 0.5) is 11.4 Å². The molecule has 29 heavy (non-hydrogen) atoms. The van der Waals surface area contributed by atoms with Gasteiger partial charge in [0.25, 0.3) is 0 Å². The van der Waals surface area contributed by atoms with Crippen LogP contribution in [0.2, 0.25) is 5.02 Å². The first-order chi connectivity index (χ1) is 14.0. The summed E-state index contributed by atoms with van der Waals surface area (Å²) in [6.07, 6.45) is 5.47. The van der Waals surface area contributed by atoms with Gasteiger partial charge in [0.15, 0.2) is 0 Å². The van der Waals surface area contributed by atoms with Crippen molar-refractivity contribution in [2.75, 3.05) is 11.6 Å². The van der Waals surface area contributed by atoms with Crippen LogP contribution in [-0.2, 0) is 11.3 Å². The quantitative estimate of drug-likeness (QED) is 0.353. The molecule has 2 aromatic carbocycles. The van der Waals surface area contributed by atoms with Crippen molar-refractivity contribution in [3.63, 3.8) is 0 Å². The lowest BCUT2D eigenvalue weighted by molar-refractivity contribution is -0.121. The molecule has 2 saturated carbocycles. The Morgan fingerprint density at radius 3 is 2.45 bits per heavy atom. The summed E-state index contributed by atoms with van der Waals surface area (Å²) < 4.78 is 0. The fraction of sp³-hybridized carbons (Fsp3) is 0.391. The minimum absolute atomic E-state index is 0.134. The Kier molecular flexibility index (Phi) is 5.88. The van der Waals surface area contributed by atoms with Gasteiger partial charge in [-0.3, -0.25) is 9.79 Å². The number of nitrogens with zero attached hydrogens (tertiary/aromatic N) is 2. The fourth-order valence-corrected chi connectivity index (χ4v) is 3.82. The standard InChI is InChI=1S/C23H27ClN4O/c1-26-23-20(28(25)14-17-4-5-17)11-10-19(22(23)24)18-8-6-16(7-9-18)13-27-21(29)12-15-2-3-15/h6-11,15,17H,1-5,12-14,25H2,(H,27,29). The Morgan fingerprint density at radius 2 is 1.83 bits per heavy atom. The molecule has 0 aliphatic heterocycles. The van der Waals surface area contributed by atoms with Gasteiger partial charge in [-0.2, -0.15) is 0 Å². The van der Waals surface area contributed by atoms with E-state index in [-0.39, 0.29) is 5.91 Å². The molecule has 1 amide bonds. The van der Waals surface area contributed by atoms with Gasteiger partial charge >= 0.3 is 0 Å². The average molecular weight is 411 g/mol. The Bertz CT molecular complexity index is 904. The molecule has 0 spiro atoms. The van der Waals surface area contributed by atoms with Gasteiger partial charge in [-0.25, -0.2) is 5.84 Å². The van der Waals surface area contributed by atoms with Gasteiger partial charge < -0.3 is 10.3 Å². The molecule has 2 aromatic rings. The van der Waals surface area contributed by atoms with E-state index in [9.17, 15) is 4.79 Å². The number of nitrogens with two attached hydrogens (primary N) is 1. The Labute approximate surface area is 176 Å². The molecule has 152 valence electrons. The molecule has 0 saturated heterocycles. The second-order valence-electron chi connectivity index (χ2n) is 8.17. The highest BCUT2D eigenvalue weighted by molar-refractivity contribution is 6.36. The van der Waals surface area contributed by atoms with Crippen LogP contribution in [0.1, 0.15) is 37.7 Å². The van der Waals surface area contributed by atoms with Gasteiger partial charge in [-0.15, -0.1) is 0 Å². The van der Waals surface area contributed by atoms with Crippen molar-refractivity contribution in [2.45, 2.75) is 38.6 Å². The third kappa shape index (κ3) is 4.98. The number of anilines is 1. The monoisotopic (exact) mass is 410 g/mol. The fourth-order valence-electron chi connectivity index (χ4n) is 3.50. The van der Waals surface area contributed by atoms with Crippen LogP contribution in [-0.4, -0.2) is 19.2 Å². The Hall–Kier alpha value is -2.37. The number of hydrazine groups is 1. The molecule has 4 rings (SSSR count). The van der Waals surface area contributed by atoms with Gasteiger partial charge in [-0.05, 0) is 61.4 Å². The summed E-state index contributed by atoms with van der Waals surface area (Å²) in [6, 6.07) is 12.0. The topological polar surface area (TPSA) is 70.7 Å². The van der Waals surface area contributed by atoms with Crippen molar-refractivity contribution in [1.29, 1.82) is 0 Å². The number of aliphatic imine (C=N–C) groups is 1. The Morgan fingerprint density at radius 1 is 1.14 bits per heavy atom. The summed E-state index contributed by atoms with van der Waals surface area (Å²) in [5.41, 5.74) is 4.36. The van der Waals surface area contributed by atoms with E-state index in [0.29, 0.717) is 35.5 Å². The van der Waals surface area contributed by atoms with E-state index in [1.165, 1.54) is 25.7 Å². The Balaban J connectivity index is 1.46. The molecule has 0 heterocycles. The molecule has 0 unspecified atom stereocenters. The van der Waals surface area contributed by atoms with Crippen molar-refractivity contribution in [1.82, 2.24) is 5.32 Å². The van der Waals surface area contributed by atoms with Gasteiger partial charge in [0, 0.05) is 25.1 Å². The van der Waals surface area contributed by atoms with Crippen LogP contribution in [0.25, 0.3) is 11.1 Å². The van der Waals surface area contributed by atoms with Crippen molar-refractivity contribution < 1.29 is 4.79 Å². The summed E-state index contributed by atoms with van der Waals surface area (Å²) in [7, 11) is 0. The van der Waals surface area contributed by atoms with Crippen LogP contribution in [0.15, 0.2) is 41.4 Å². The van der Waals surface area contributed by atoms with Crippen molar-refractivity contribution in [2.24, 2.45) is 22.7 Å². The van der Waals surface area contributed by atoms with Crippen LogP contribution in [0.3, 0.4) is 0 Å². The molecular weight excluding hydrogens is 384 g/mol. The van der Waals surface area contributed by atoms with Crippen LogP contribution in [0.5, 0.6) is 0 Å². The van der Waals surface area contributed by atoms with Gasteiger partial charge in [0.2, 0.25) is 5.91 Å². The third-order valence-corrected chi connectivity index (χ3v) is 6.02. The number of hydrogen-bond donors (Lipinski definition) is 2. The minimum atomic E-state index is 0.134. The van der Waals surface area contributed by atoms with Crippen LogP contribution in [0, 0.1) is 11.8 Å². The maximum Gasteiger partial charge on any atom is 0.220 e. The molecule has 2 aliphatic carbocycles. The van der Waals surface area contributed by atoms with Crippen LogP contribution >= 0.6 is 11.6 Å². The van der Waals surface area contributed by atoms with E-state index < -0.39 is 0 Å². The number of nitrogens with one attached hydrogen (secondary N) is 1. The molecule has 0 aromatic heterocycles. The number of hydrogen-bond acceptors (Lipinski definition) is 4. The zero-order valence-corrected chi connectivity index (χ0v) is 17.3. The largest absolute Gasteiger partial charge is 0.352 e. The molecule has 0 atom stereocenters. The summed E-state index contributed by atoms with van der Waals surface area (Å²) in [6.45, 7) is 5.04. The number of carbonyl (C=O) groups is 1. The number of amides is 1. The third-order valence-electron chi connectivity index (χ3n) is 5.64. The second kappa shape index (κ2) is 8.56. The SMILES string of the molecule is C=Nc1c(N(N)CC2CC2)ccc(-c2ccc(CNC(=O)CC3CC3)cc2)c1Cl. The zero-order chi connectivity index (χ0) is 20.4. The first-order valence-corrected chi connectivity index (χ1v) is 10.6. The molecule has 2 fully saturated rings. The lowest BCUT2D eigenvalue weighted by atomic mass is 10.0. The average Bonchev–Trinajstić information content (AvgIpc) is 3.64. The minimum Gasteiger partial charge on any atom is -0.352 e. The van der Waals surface area contributed by atoms with Crippen molar-refractivity contribution in [3.8, 4) is 11.1 Å². The molecule has 0 radical (unpaired) electrons. The molecule has 0 bridgehead atoms. The van der Waals surface area contributed by atoms with E-state index >= 15 is 0 Å². The van der Waals surface area contributed by atoms with Gasteiger partial charge in [-0.1, -0.05) is 41.9 Å². The van der Waals surface area contributed by atoms with Crippen molar-refractivity contribution in [3.05, 3.63) is 47.0 Å². The highest BCUT2D eigenvalue weighted by Gasteiger charge is 2.25. The van der Waals surface area contributed by atoms with E-state index in [0.717, 1.165) is 28.9 Å². The van der Waals surface area contributed by atoms with Crippen LogP contribution < -0.4 is 16.2 Å². The maximum absolute atomic E-state index is 11.9. The predicted molar refractivity (Wildman–Crippen MR) is 120 cm³/mol. The summed E-state index contributed by atoms with van der Waals surface area (Å²) in [5, 5.41) is 5.27. The summed E-state index contributed by atoms with van der Waals surface area (Å²) >= 11 is 6.67. The number of halogens is 1.